The van der Waals surface area contributed by atoms with Crippen molar-refractivity contribution in [1.29, 1.82) is 0 Å². The van der Waals surface area contributed by atoms with Crippen molar-refractivity contribution in [3.8, 4) is 17.2 Å². The van der Waals surface area contributed by atoms with Crippen LogP contribution in [0.5, 0.6) is 5.75 Å². The van der Waals surface area contributed by atoms with Gasteiger partial charge in [0.05, 0.1) is 18.8 Å². The normalized spacial score (nSPS) is 16.4. The molecule has 1 unspecified atom stereocenters. The Morgan fingerprint density at radius 2 is 1.96 bits per heavy atom. The van der Waals surface area contributed by atoms with E-state index in [1.165, 1.54) is 17.7 Å². The molecule has 3 aromatic rings. The first kappa shape index (κ1) is 16.7. The van der Waals surface area contributed by atoms with Gasteiger partial charge in [0.15, 0.2) is 0 Å². The number of rotatable bonds is 5. The van der Waals surface area contributed by atoms with Gasteiger partial charge in [-0.2, -0.15) is 0 Å². The summed E-state index contributed by atoms with van der Waals surface area (Å²) in [5.41, 5.74) is 4.65. The van der Waals surface area contributed by atoms with E-state index in [4.69, 9.17) is 14.1 Å². The number of para-hydroxylation sites is 1. The predicted octanol–water partition coefficient (Wildman–Crippen LogP) is 5.08. The van der Waals surface area contributed by atoms with Gasteiger partial charge in [0.2, 0.25) is 5.89 Å². The summed E-state index contributed by atoms with van der Waals surface area (Å²) in [6, 6.07) is 17.0. The van der Waals surface area contributed by atoms with E-state index in [0.29, 0.717) is 18.5 Å². The first-order chi connectivity index (χ1) is 12.7. The number of hydrogen-bond acceptors (Lipinski definition) is 4. The Kier molecular flexibility index (Phi) is 4.65. The van der Waals surface area contributed by atoms with Crippen LogP contribution in [0.2, 0.25) is 0 Å². The summed E-state index contributed by atoms with van der Waals surface area (Å²) in [7, 11) is 0. The lowest BCUT2D eigenvalue weighted by Crippen LogP contribution is -2.36. The van der Waals surface area contributed by atoms with Crippen LogP contribution in [-0.4, -0.2) is 17.6 Å². The highest BCUT2D eigenvalue weighted by molar-refractivity contribution is 5.57. The van der Waals surface area contributed by atoms with Gasteiger partial charge in [-0.25, -0.2) is 4.98 Å². The lowest BCUT2D eigenvalue weighted by molar-refractivity contribution is 0.340. The number of hydrogen-bond donors (Lipinski definition) is 0. The Balaban J connectivity index is 1.53. The maximum atomic E-state index is 5.74. The van der Waals surface area contributed by atoms with Gasteiger partial charge in [0, 0.05) is 17.3 Å². The molecule has 4 nitrogen and oxygen atoms in total. The van der Waals surface area contributed by atoms with Gasteiger partial charge >= 0.3 is 0 Å². The van der Waals surface area contributed by atoms with E-state index in [0.717, 1.165) is 30.0 Å². The van der Waals surface area contributed by atoms with Crippen LogP contribution in [0.3, 0.4) is 0 Å². The molecule has 0 spiro atoms. The van der Waals surface area contributed by atoms with E-state index in [1.54, 1.807) is 6.26 Å². The molecule has 1 aromatic heterocycles. The Labute approximate surface area is 154 Å². The number of ether oxygens (including phenoxy) is 1. The maximum absolute atomic E-state index is 5.74. The molecule has 0 fully saturated rings. The Morgan fingerprint density at radius 3 is 2.77 bits per heavy atom. The van der Waals surface area contributed by atoms with Crippen LogP contribution in [0.4, 0.5) is 5.69 Å². The fraction of sp³-hybridized carbons (Fsp3) is 0.318. The van der Waals surface area contributed by atoms with Gasteiger partial charge in [0.25, 0.3) is 0 Å². The second-order valence-electron chi connectivity index (χ2n) is 6.75. The highest BCUT2D eigenvalue weighted by atomic mass is 16.5. The number of aromatic nitrogens is 1. The predicted molar refractivity (Wildman–Crippen MR) is 104 cm³/mol. The highest BCUT2D eigenvalue weighted by Gasteiger charge is 2.23. The van der Waals surface area contributed by atoms with E-state index in [2.05, 4.69) is 36.1 Å². The van der Waals surface area contributed by atoms with E-state index in [-0.39, 0.29) is 0 Å². The molecule has 4 heteroatoms. The largest absolute Gasteiger partial charge is 0.494 e. The van der Waals surface area contributed by atoms with Crippen LogP contribution in [0, 0.1) is 0 Å². The van der Waals surface area contributed by atoms with Gasteiger partial charge in [-0.1, -0.05) is 18.2 Å². The summed E-state index contributed by atoms with van der Waals surface area (Å²) < 4.78 is 11.2. The molecule has 2 aromatic carbocycles. The second-order valence-corrected chi connectivity index (χ2v) is 6.75. The number of benzene rings is 2. The molecule has 0 saturated carbocycles. The van der Waals surface area contributed by atoms with Crippen molar-refractivity contribution in [3.05, 3.63) is 66.1 Å². The number of aryl methyl sites for hydroxylation is 1. The first-order valence-corrected chi connectivity index (χ1v) is 9.27. The van der Waals surface area contributed by atoms with E-state index in [9.17, 15) is 0 Å². The third-order valence-corrected chi connectivity index (χ3v) is 4.96. The van der Waals surface area contributed by atoms with Crippen LogP contribution in [0.15, 0.2) is 59.2 Å². The number of fused-ring (bicyclic) bond motifs is 1. The molecule has 1 aliphatic rings. The molecule has 1 aliphatic heterocycles. The monoisotopic (exact) mass is 348 g/mol. The summed E-state index contributed by atoms with van der Waals surface area (Å²) >= 11 is 0. The lowest BCUT2D eigenvalue weighted by atomic mass is 9.96. The number of anilines is 1. The zero-order chi connectivity index (χ0) is 17.9. The molecule has 0 aliphatic carbocycles. The minimum atomic E-state index is 0.496. The second kappa shape index (κ2) is 7.24. The van der Waals surface area contributed by atoms with Crippen molar-refractivity contribution in [2.75, 3.05) is 11.5 Å². The third kappa shape index (κ3) is 3.32. The molecule has 0 bridgehead atoms. The Hall–Kier alpha value is -2.75. The Morgan fingerprint density at radius 1 is 1.15 bits per heavy atom. The van der Waals surface area contributed by atoms with Crippen molar-refractivity contribution in [3.63, 3.8) is 0 Å². The molecule has 2 heterocycles. The van der Waals surface area contributed by atoms with Crippen molar-refractivity contribution in [1.82, 2.24) is 4.98 Å². The standard InChI is InChI=1S/C22H24N2O2/c1-3-25-20-12-10-18(11-13-20)22-23-19(15-26-22)14-24-16(2)8-9-17-6-4-5-7-21(17)24/h4-7,10-13,15-16H,3,8-9,14H2,1-2H3. The molecule has 0 amide bonds. The van der Waals surface area contributed by atoms with E-state index >= 15 is 0 Å². The molecule has 0 N–H and O–H groups in total. The summed E-state index contributed by atoms with van der Waals surface area (Å²) in [6.07, 6.45) is 4.08. The molecule has 134 valence electrons. The zero-order valence-corrected chi connectivity index (χ0v) is 15.3. The maximum Gasteiger partial charge on any atom is 0.226 e. The molecule has 0 saturated heterocycles. The topological polar surface area (TPSA) is 38.5 Å². The van der Waals surface area contributed by atoms with Gasteiger partial charge < -0.3 is 14.1 Å². The molecule has 4 rings (SSSR count). The molecular formula is C22H24N2O2. The third-order valence-electron chi connectivity index (χ3n) is 4.96. The van der Waals surface area contributed by atoms with Crippen LogP contribution in [0.25, 0.3) is 11.5 Å². The lowest BCUT2D eigenvalue weighted by Gasteiger charge is -2.36. The summed E-state index contributed by atoms with van der Waals surface area (Å²) in [6.45, 7) is 5.69. The summed E-state index contributed by atoms with van der Waals surface area (Å²) in [5.74, 6) is 1.52. The smallest absolute Gasteiger partial charge is 0.226 e. The van der Waals surface area contributed by atoms with Gasteiger partial charge in [0.1, 0.15) is 12.0 Å². The quantitative estimate of drug-likeness (QED) is 0.644. The van der Waals surface area contributed by atoms with E-state index < -0.39 is 0 Å². The van der Waals surface area contributed by atoms with Crippen molar-refractivity contribution >= 4 is 5.69 Å². The summed E-state index contributed by atoms with van der Waals surface area (Å²) in [5, 5.41) is 0. The van der Waals surface area contributed by atoms with Crippen molar-refractivity contribution in [2.45, 2.75) is 39.3 Å². The van der Waals surface area contributed by atoms with Crippen molar-refractivity contribution < 1.29 is 9.15 Å². The molecule has 0 radical (unpaired) electrons. The fourth-order valence-corrected chi connectivity index (χ4v) is 3.55. The molecule has 26 heavy (non-hydrogen) atoms. The fourth-order valence-electron chi connectivity index (χ4n) is 3.55. The highest BCUT2D eigenvalue weighted by Crippen LogP contribution is 2.32. The van der Waals surface area contributed by atoms with Crippen molar-refractivity contribution in [2.24, 2.45) is 0 Å². The van der Waals surface area contributed by atoms with Crippen LogP contribution in [0.1, 0.15) is 31.5 Å². The SMILES string of the molecule is CCOc1ccc(-c2nc(CN3c4ccccc4CCC3C)co2)cc1. The van der Waals surface area contributed by atoms with Crippen LogP contribution < -0.4 is 9.64 Å². The Bertz CT molecular complexity index is 870. The summed E-state index contributed by atoms with van der Waals surface area (Å²) in [4.78, 5) is 7.14. The molecular weight excluding hydrogens is 324 g/mol. The van der Waals surface area contributed by atoms with E-state index in [1.807, 2.05) is 31.2 Å². The van der Waals surface area contributed by atoms with Gasteiger partial charge in [-0.15, -0.1) is 0 Å². The minimum absolute atomic E-state index is 0.496. The van der Waals surface area contributed by atoms with Crippen LogP contribution >= 0.6 is 0 Å². The zero-order valence-electron chi connectivity index (χ0n) is 15.3. The molecule has 1 atom stereocenters. The number of nitrogens with zero attached hydrogens (tertiary/aromatic N) is 2. The van der Waals surface area contributed by atoms with Gasteiger partial charge in [-0.05, 0) is 62.6 Å². The average Bonchev–Trinajstić information content (AvgIpc) is 3.14. The average molecular weight is 348 g/mol. The first-order valence-electron chi connectivity index (χ1n) is 9.27. The van der Waals surface area contributed by atoms with Gasteiger partial charge in [-0.3, -0.25) is 0 Å². The number of oxazole rings is 1. The van der Waals surface area contributed by atoms with Crippen LogP contribution in [-0.2, 0) is 13.0 Å². The minimum Gasteiger partial charge on any atom is -0.494 e.